The molecule has 0 nitrogen and oxygen atoms in total. The number of hydrogen-bond acceptors (Lipinski definition) is 0. The second-order valence-corrected chi connectivity index (χ2v) is 0. The normalized spacial score (nSPS) is 0. The van der Waals surface area contributed by atoms with Crippen molar-refractivity contribution in [3.05, 3.63) is 0 Å². The van der Waals surface area contributed by atoms with Crippen LogP contribution in [-0.2, 0) is 21.7 Å². The molecule has 0 amide bonds. The fraction of sp³-hybridized carbons (Fsp3) is 0. The summed E-state index contributed by atoms with van der Waals surface area (Å²) in [6.07, 6.45) is 0. The maximum absolute atomic E-state index is 0. The molecule has 13 heteroatoms. The summed E-state index contributed by atoms with van der Waals surface area (Å²) in [5.74, 6) is 0. The fourth-order valence-corrected chi connectivity index (χ4v) is 0. The second kappa shape index (κ2) is 124. The van der Waals surface area contributed by atoms with Crippen molar-refractivity contribution in [1.29, 1.82) is 0 Å². The minimum absolute atomic E-state index is 0. The third-order valence-corrected chi connectivity index (χ3v) is 0. The molecule has 0 radical (unpaired) electrons. The van der Waals surface area contributed by atoms with Gasteiger partial charge in [0.15, 0.2) is 0 Å². The maximum atomic E-state index is 0. The van der Waals surface area contributed by atoms with Crippen molar-refractivity contribution < 1.29 is 236 Å². The molecule has 0 heterocycles. The number of halogens is 9. The Kier molecular flexibility index (Phi) is 1380. The molecule has 0 bridgehead atoms. The van der Waals surface area contributed by atoms with Gasteiger partial charge in [-0.25, -0.2) is 0 Å². The van der Waals surface area contributed by atoms with Gasteiger partial charge in [-0.15, -0.1) is 0 Å². The van der Waals surface area contributed by atoms with Gasteiger partial charge in [-0.3, -0.25) is 0 Å². The summed E-state index contributed by atoms with van der Waals surface area (Å²) in [5, 5.41) is 0. The molecule has 0 aromatic rings. The summed E-state index contributed by atoms with van der Waals surface area (Å²) in [6.45, 7) is 0. The molecule has 72 valence electrons. The summed E-state index contributed by atoms with van der Waals surface area (Å²) < 4.78 is 0. The van der Waals surface area contributed by atoms with E-state index >= 15 is 0 Å². The van der Waals surface area contributed by atoms with E-state index in [1.54, 1.807) is 0 Å². The Hall–Kier alpha value is 7.13. The Morgan fingerprint density at radius 1 is 0.308 bits per heavy atom. The summed E-state index contributed by atoms with van der Waals surface area (Å²) in [4.78, 5) is 0. The van der Waals surface area contributed by atoms with E-state index in [-0.39, 0.29) is 254 Å². The molecule has 0 saturated heterocycles. The van der Waals surface area contributed by atoms with Crippen LogP contribution in [0.4, 0.5) is 0 Å². The first-order valence-corrected chi connectivity index (χ1v) is 0. The molecule has 0 aliphatic carbocycles. The average molecular weight is 472 g/mol. The van der Waals surface area contributed by atoms with Crippen molar-refractivity contribution in [2.45, 2.75) is 0 Å². The Balaban J connectivity index is 0. The summed E-state index contributed by atoms with van der Waals surface area (Å²) in [6, 6.07) is 0. The summed E-state index contributed by atoms with van der Waals surface area (Å²) in [7, 11) is 0. The van der Waals surface area contributed by atoms with Gasteiger partial charge in [0.05, 0.1) is 0 Å². The maximum Gasteiger partial charge on any atom is 4.00 e. The van der Waals surface area contributed by atoms with E-state index in [0.29, 0.717) is 0 Å². The van der Waals surface area contributed by atoms with Crippen molar-refractivity contribution in [3.8, 4) is 0 Å². The van der Waals surface area contributed by atoms with Crippen LogP contribution in [0.2, 0.25) is 0 Å². The SMILES string of the molecule is [Al+3].[Cl-].[Cl-].[Cl-].[Cl-].[Cl-].[Cl-].[Cl-].[Cl-].[Cl-].[K+].[K+].[Ti+4]. The Labute approximate surface area is 246 Å². The average Bonchev–Trinajstić information content (AvgIpc) is 0. The van der Waals surface area contributed by atoms with E-state index in [1.807, 2.05) is 0 Å². The van der Waals surface area contributed by atoms with Gasteiger partial charge in [0.25, 0.3) is 0 Å². The zero-order valence-corrected chi connectivity index (χ0v) is 22.2. The van der Waals surface area contributed by atoms with Gasteiger partial charge in [-0.2, -0.15) is 0 Å². The third-order valence-electron chi connectivity index (χ3n) is 0. The van der Waals surface area contributed by atoms with Gasteiger partial charge in [-0.1, -0.05) is 0 Å². The second-order valence-electron chi connectivity index (χ2n) is 0. The largest absolute Gasteiger partial charge is 4.00 e. The molecular formula is AlCl9K2Ti. The van der Waals surface area contributed by atoms with Gasteiger partial charge in [0.2, 0.25) is 0 Å². The fourth-order valence-electron chi connectivity index (χ4n) is 0. The van der Waals surface area contributed by atoms with Crippen LogP contribution in [0, 0.1) is 0 Å². The van der Waals surface area contributed by atoms with Crippen LogP contribution in [0.5, 0.6) is 0 Å². The van der Waals surface area contributed by atoms with Crippen LogP contribution >= 0.6 is 0 Å². The number of rotatable bonds is 0. The molecule has 0 fully saturated rings. The van der Waals surface area contributed by atoms with Crippen molar-refractivity contribution in [3.63, 3.8) is 0 Å². The molecule has 0 atom stereocenters. The van der Waals surface area contributed by atoms with E-state index in [1.165, 1.54) is 0 Å². The van der Waals surface area contributed by atoms with Crippen LogP contribution in [-0.4, -0.2) is 17.4 Å². The van der Waals surface area contributed by atoms with Crippen molar-refractivity contribution in [1.82, 2.24) is 0 Å². The minimum atomic E-state index is 0. The number of hydrogen-bond donors (Lipinski definition) is 0. The molecule has 0 aromatic carbocycles. The van der Waals surface area contributed by atoms with Crippen LogP contribution in [0.1, 0.15) is 0 Å². The van der Waals surface area contributed by atoms with Gasteiger partial charge in [0, 0.05) is 0 Å². The smallest absolute Gasteiger partial charge is 1.00 e. The van der Waals surface area contributed by atoms with E-state index in [2.05, 4.69) is 0 Å². The van der Waals surface area contributed by atoms with E-state index < -0.39 is 0 Å². The van der Waals surface area contributed by atoms with Crippen LogP contribution in [0.3, 0.4) is 0 Å². The predicted molar refractivity (Wildman–Crippen MR) is 5.75 cm³/mol. The predicted octanol–water partition coefficient (Wildman–Crippen LogP) is -33.3. The van der Waals surface area contributed by atoms with Gasteiger partial charge >= 0.3 is 142 Å². The first-order chi connectivity index (χ1) is 0. The Bertz CT molecular complexity index is 17.6. The van der Waals surface area contributed by atoms with Gasteiger partial charge in [0.1, 0.15) is 0 Å². The van der Waals surface area contributed by atoms with Crippen LogP contribution in [0.15, 0.2) is 0 Å². The first-order valence-electron chi connectivity index (χ1n) is 0. The van der Waals surface area contributed by atoms with Crippen molar-refractivity contribution in [2.24, 2.45) is 0 Å². The van der Waals surface area contributed by atoms with Crippen molar-refractivity contribution >= 4 is 17.4 Å². The van der Waals surface area contributed by atoms with E-state index in [4.69, 9.17) is 0 Å². The zero-order valence-electron chi connectivity index (χ0n) is 6.48. The molecule has 0 saturated carbocycles. The van der Waals surface area contributed by atoms with E-state index in [9.17, 15) is 0 Å². The van der Waals surface area contributed by atoms with Gasteiger partial charge < -0.3 is 112 Å². The Morgan fingerprint density at radius 2 is 0.308 bits per heavy atom. The topological polar surface area (TPSA) is 0 Å². The zero-order chi connectivity index (χ0) is 0. The molecule has 0 aliphatic rings. The van der Waals surface area contributed by atoms with Crippen LogP contribution in [0.25, 0.3) is 0 Å². The van der Waals surface area contributed by atoms with Gasteiger partial charge in [-0.05, 0) is 0 Å². The monoisotopic (exact) mass is 468 g/mol. The standard InChI is InChI=1S/Al.9ClH.2K.Ti/h;9*1H;;;/q+3;;;;;;;;;;2*+1;+4/p-9. The molecule has 0 N–H and O–H groups in total. The molecule has 0 aliphatic heterocycles. The van der Waals surface area contributed by atoms with Crippen LogP contribution < -0.4 is 214 Å². The molecule has 0 spiro atoms. The first kappa shape index (κ1) is 145. The molecule has 0 aromatic heterocycles. The molecule has 0 rings (SSSR count). The third kappa shape index (κ3) is 110. The molecule has 0 unspecified atom stereocenters. The van der Waals surface area contributed by atoms with E-state index in [0.717, 1.165) is 0 Å². The quantitative estimate of drug-likeness (QED) is 0.308. The Morgan fingerprint density at radius 3 is 0.308 bits per heavy atom. The minimum Gasteiger partial charge on any atom is -1.00 e. The molecular weight excluding hydrogens is 472 g/mol. The summed E-state index contributed by atoms with van der Waals surface area (Å²) >= 11 is 0. The summed E-state index contributed by atoms with van der Waals surface area (Å²) in [5.41, 5.74) is 0. The molecule has 13 heavy (non-hydrogen) atoms. The van der Waals surface area contributed by atoms with Crippen molar-refractivity contribution in [2.75, 3.05) is 0 Å².